The summed E-state index contributed by atoms with van der Waals surface area (Å²) in [6.45, 7) is 5.16. The molecule has 2 aliphatic rings. The maximum atomic E-state index is 13.4. The first-order chi connectivity index (χ1) is 6.15. The Morgan fingerprint density at radius 3 is 3.15 bits per heavy atom. The van der Waals surface area contributed by atoms with Crippen LogP contribution in [-0.2, 0) is 0 Å². The molecule has 0 aromatic heterocycles. The van der Waals surface area contributed by atoms with Crippen LogP contribution < -0.4 is 5.32 Å². The lowest BCUT2D eigenvalue weighted by atomic mass is 10.0. The van der Waals surface area contributed by atoms with Crippen LogP contribution in [0, 0.1) is 5.92 Å². The van der Waals surface area contributed by atoms with Crippen molar-refractivity contribution in [3.8, 4) is 0 Å². The molecule has 0 aromatic rings. The Bertz CT molecular complexity index is 269. The van der Waals surface area contributed by atoms with E-state index in [0.29, 0.717) is 12.5 Å². The highest BCUT2D eigenvalue weighted by molar-refractivity contribution is 5.39. The zero-order valence-corrected chi connectivity index (χ0v) is 8.18. The van der Waals surface area contributed by atoms with Crippen molar-refractivity contribution >= 4 is 0 Å². The molecule has 0 aliphatic heterocycles. The molecule has 0 saturated heterocycles. The summed E-state index contributed by atoms with van der Waals surface area (Å²) >= 11 is 0. The van der Waals surface area contributed by atoms with E-state index in [1.54, 1.807) is 6.08 Å². The highest BCUT2D eigenvalue weighted by atomic mass is 19.1. The Balaban J connectivity index is 2.03. The average Bonchev–Trinajstić information content (AvgIpc) is 2.75. The minimum absolute atomic E-state index is 0.161. The number of rotatable bonds is 3. The maximum Gasteiger partial charge on any atom is 0.136 e. The lowest BCUT2D eigenvalue weighted by molar-refractivity contribution is 0.360. The Kier molecular flexibility index (Phi) is 2.03. The predicted octanol–water partition coefficient (Wildman–Crippen LogP) is 2.21. The monoisotopic (exact) mass is 181 g/mol. The van der Waals surface area contributed by atoms with Gasteiger partial charge in [-0.25, -0.2) is 4.39 Å². The molecule has 0 bridgehead atoms. The molecule has 2 heteroatoms. The molecule has 1 saturated carbocycles. The van der Waals surface area contributed by atoms with Crippen LogP contribution in [0.25, 0.3) is 0 Å². The second-order valence-corrected chi connectivity index (χ2v) is 4.02. The molecule has 0 amide bonds. The summed E-state index contributed by atoms with van der Waals surface area (Å²) in [5.74, 6) is 0.161. The fourth-order valence-corrected chi connectivity index (χ4v) is 1.90. The molecule has 1 nitrogen and oxygen atoms in total. The van der Waals surface area contributed by atoms with Gasteiger partial charge in [0.15, 0.2) is 0 Å². The van der Waals surface area contributed by atoms with Gasteiger partial charge in [-0.15, -0.1) is 0 Å². The second kappa shape index (κ2) is 2.95. The van der Waals surface area contributed by atoms with Gasteiger partial charge in [-0.1, -0.05) is 19.1 Å². The third-order valence-corrected chi connectivity index (χ3v) is 2.95. The van der Waals surface area contributed by atoms with Crippen molar-refractivity contribution in [1.29, 1.82) is 0 Å². The molecule has 2 rings (SSSR count). The van der Waals surface area contributed by atoms with Crippen LogP contribution >= 0.6 is 0 Å². The van der Waals surface area contributed by atoms with Crippen molar-refractivity contribution in [3.05, 3.63) is 23.8 Å². The summed E-state index contributed by atoms with van der Waals surface area (Å²) in [6, 6.07) is 0.353. The third kappa shape index (κ3) is 1.55. The summed E-state index contributed by atoms with van der Waals surface area (Å²) in [4.78, 5) is 0. The summed E-state index contributed by atoms with van der Waals surface area (Å²) in [6.07, 6.45) is 6.41. The normalized spacial score (nSPS) is 38.1. The van der Waals surface area contributed by atoms with E-state index in [4.69, 9.17) is 0 Å². The van der Waals surface area contributed by atoms with Gasteiger partial charge in [-0.05, 0) is 31.5 Å². The molecular weight excluding hydrogens is 165 g/mol. The van der Waals surface area contributed by atoms with Crippen molar-refractivity contribution in [2.24, 2.45) is 5.92 Å². The van der Waals surface area contributed by atoms with Crippen LogP contribution in [-0.4, -0.2) is 18.3 Å². The minimum Gasteiger partial charge on any atom is -0.310 e. The van der Waals surface area contributed by atoms with Crippen LogP contribution in [0.15, 0.2) is 23.8 Å². The highest BCUT2D eigenvalue weighted by Gasteiger charge is 2.53. The number of hydrogen-bond donors (Lipinski definition) is 1. The largest absolute Gasteiger partial charge is 0.310 e. The van der Waals surface area contributed by atoms with E-state index in [2.05, 4.69) is 25.2 Å². The molecule has 1 N–H and O–H groups in total. The number of hydrogen-bond acceptors (Lipinski definition) is 1. The van der Waals surface area contributed by atoms with Crippen LogP contribution in [0.5, 0.6) is 0 Å². The first-order valence-corrected chi connectivity index (χ1v) is 4.99. The number of fused-ring (bicyclic) bond motifs is 1. The number of likely N-dealkylation sites (N-methyl/N-ethyl adjacent to an activating group) is 1. The summed E-state index contributed by atoms with van der Waals surface area (Å²) in [7, 11) is 0. The second-order valence-electron chi connectivity index (χ2n) is 4.02. The van der Waals surface area contributed by atoms with E-state index in [0.717, 1.165) is 6.54 Å². The standard InChI is InChI=1S/C11H16FN/c1-3-13-8(2)9-4-5-11(12)7-10(11)6-9/h4-6,8,10,13H,3,7H2,1-2H3/t8-,10?,11?/m1/s1. The zero-order valence-electron chi connectivity index (χ0n) is 8.18. The van der Waals surface area contributed by atoms with Crippen molar-refractivity contribution in [2.75, 3.05) is 6.54 Å². The molecular formula is C11H16FN. The SMILES string of the molecule is CCN[C@H](C)C1=CC2CC2(F)C=C1. The van der Waals surface area contributed by atoms with Gasteiger partial charge in [0.2, 0.25) is 0 Å². The molecule has 13 heavy (non-hydrogen) atoms. The molecule has 0 aromatic carbocycles. The van der Waals surface area contributed by atoms with Gasteiger partial charge in [-0.2, -0.15) is 0 Å². The number of nitrogens with one attached hydrogen (secondary N) is 1. The minimum atomic E-state index is -0.977. The fraction of sp³-hybridized carbons (Fsp3) is 0.636. The van der Waals surface area contributed by atoms with Crippen LogP contribution in [0.3, 0.4) is 0 Å². The summed E-state index contributed by atoms with van der Waals surface area (Å²) in [5, 5.41) is 3.32. The first kappa shape index (κ1) is 8.95. The van der Waals surface area contributed by atoms with Crippen molar-refractivity contribution in [3.63, 3.8) is 0 Å². The highest BCUT2D eigenvalue weighted by Crippen LogP contribution is 2.52. The van der Waals surface area contributed by atoms with E-state index in [9.17, 15) is 4.39 Å². The topological polar surface area (TPSA) is 12.0 Å². The molecule has 2 aliphatic carbocycles. The van der Waals surface area contributed by atoms with Crippen molar-refractivity contribution in [2.45, 2.75) is 32.0 Å². The number of alkyl halides is 1. The molecule has 0 radical (unpaired) electrons. The molecule has 0 heterocycles. The lowest BCUT2D eigenvalue weighted by Gasteiger charge is -2.16. The Morgan fingerprint density at radius 2 is 2.54 bits per heavy atom. The smallest absolute Gasteiger partial charge is 0.136 e. The van der Waals surface area contributed by atoms with E-state index in [1.165, 1.54) is 5.57 Å². The van der Waals surface area contributed by atoms with E-state index in [-0.39, 0.29) is 5.92 Å². The van der Waals surface area contributed by atoms with E-state index < -0.39 is 5.67 Å². The quantitative estimate of drug-likeness (QED) is 0.704. The van der Waals surface area contributed by atoms with Crippen LogP contribution in [0.1, 0.15) is 20.3 Å². The van der Waals surface area contributed by atoms with E-state index in [1.807, 2.05) is 6.08 Å². The number of allylic oxidation sites excluding steroid dienone is 2. The van der Waals surface area contributed by atoms with Gasteiger partial charge in [0.1, 0.15) is 5.67 Å². The third-order valence-electron chi connectivity index (χ3n) is 2.95. The maximum absolute atomic E-state index is 13.4. The van der Waals surface area contributed by atoms with Gasteiger partial charge in [0, 0.05) is 12.0 Å². The molecule has 2 unspecified atom stereocenters. The van der Waals surface area contributed by atoms with Crippen LogP contribution in [0.4, 0.5) is 4.39 Å². The van der Waals surface area contributed by atoms with Gasteiger partial charge in [0.05, 0.1) is 0 Å². The van der Waals surface area contributed by atoms with Gasteiger partial charge < -0.3 is 5.32 Å². The Morgan fingerprint density at radius 1 is 1.77 bits per heavy atom. The van der Waals surface area contributed by atoms with Crippen molar-refractivity contribution < 1.29 is 4.39 Å². The molecule has 3 atom stereocenters. The van der Waals surface area contributed by atoms with Gasteiger partial charge in [0.25, 0.3) is 0 Å². The predicted molar refractivity (Wildman–Crippen MR) is 52.3 cm³/mol. The summed E-state index contributed by atoms with van der Waals surface area (Å²) < 4.78 is 13.4. The zero-order chi connectivity index (χ0) is 9.47. The van der Waals surface area contributed by atoms with Crippen molar-refractivity contribution in [1.82, 2.24) is 5.32 Å². The molecule has 0 spiro atoms. The summed E-state index contributed by atoms with van der Waals surface area (Å²) in [5.41, 5.74) is 0.257. The number of halogens is 1. The van der Waals surface area contributed by atoms with Crippen LogP contribution in [0.2, 0.25) is 0 Å². The average molecular weight is 181 g/mol. The van der Waals surface area contributed by atoms with Gasteiger partial charge in [-0.3, -0.25) is 0 Å². The van der Waals surface area contributed by atoms with Gasteiger partial charge >= 0.3 is 0 Å². The molecule has 72 valence electrons. The first-order valence-electron chi connectivity index (χ1n) is 4.99. The Labute approximate surface area is 78.7 Å². The lowest BCUT2D eigenvalue weighted by Crippen LogP contribution is -2.27. The van der Waals surface area contributed by atoms with E-state index >= 15 is 0 Å². The fourth-order valence-electron chi connectivity index (χ4n) is 1.90. The Hall–Kier alpha value is -0.630. The molecule has 1 fully saturated rings.